The van der Waals surface area contributed by atoms with Crippen LogP contribution >= 0.6 is 0 Å². The van der Waals surface area contributed by atoms with E-state index in [1.165, 1.54) is 5.56 Å². The maximum atomic E-state index is 12.2. The molecule has 2 saturated heterocycles. The Morgan fingerprint density at radius 2 is 2.09 bits per heavy atom. The van der Waals surface area contributed by atoms with Crippen molar-refractivity contribution in [1.82, 2.24) is 14.2 Å². The highest BCUT2D eigenvalue weighted by Crippen LogP contribution is 2.26. The van der Waals surface area contributed by atoms with Gasteiger partial charge in [0.2, 0.25) is 10.0 Å². The van der Waals surface area contributed by atoms with Crippen LogP contribution in [0.4, 0.5) is 0 Å². The summed E-state index contributed by atoms with van der Waals surface area (Å²) in [4.78, 5) is 6.39. The molecule has 2 aliphatic rings. The fourth-order valence-electron chi connectivity index (χ4n) is 3.27. The SMILES string of the molecule is CCS(=O)(=O)N1CC[C@@H]2OCCN(Cc3ccncc3)[C@H]2C1. The maximum absolute atomic E-state index is 12.2. The van der Waals surface area contributed by atoms with Crippen LogP contribution in [0.3, 0.4) is 0 Å². The molecule has 0 aliphatic carbocycles. The summed E-state index contributed by atoms with van der Waals surface area (Å²) < 4.78 is 31.8. The van der Waals surface area contributed by atoms with Gasteiger partial charge in [0.25, 0.3) is 0 Å². The number of morpholine rings is 1. The van der Waals surface area contributed by atoms with Crippen molar-refractivity contribution in [3.05, 3.63) is 30.1 Å². The molecule has 0 aromatic carbocycles. The van der Waals surface area contributed by atoms with E-state index in [1.54, 1.807) is 23.6 Å². The van der Waals surface area contributed by atoms with E-state index >= 15 is 0 Å². The second kappa shape index (κ2) is 6.62. The lowest BCUT2D eigenvalue weighted by Crippen LogP contribution is -2.60. The first-order chi connectivity index (χ1) is 10.6. The van der Waals surface area contributed by atoms with Crippen molar-refractivity contribution in [2.75, 3.05) is 32.0 Å². The maximum Gasteiger partial charge on any atom is 0.213 e. The predicted molar refractivity (Wildman–Crippen MR) is 83.8 cm³/mol. The topological polar surface area (TPSA) is 62.7 Å². The van der Waals surface area contributed by atoms with E-state index in [9.17, 15) is 8.42 Å². The Bertz CT molecular complexity index is 593. The van der Waals surface area contributed by atoms with E-state index < -0.39 is 10.0 Å². The number of piperidine rings is 1. The number of hydrogen-bond donors (Lipinski definition) is 0. The Morgan fingerprint density at radius 3 is 2.82 bits per heavy atom. The molecule has 2 atom stereocenters. The van der Waals surface area contributed by atoms with Gasteiger partial charge in [0.15, 0.2) is 0 Å². The number of nitrogens with zero attached hydrogens (tertiary/aromatic N) is 3. The monoisotopic (exact) mass is 325 g/mol. The van der Waals surface area contributed by atoms with Crippen LogP contribution < -0.4 is 0 Å². The second-order valence-corrected chi connectivity index (χ2v) is 8.11. The minimum atomic E-state index is -3.13. The number of aromatic nitrogens is 1. The molecular weight excluding hydrogens is 302 g/mol. The lowest BCUT2D eigenvalue weighted by Gasteiger charge is -2.46. The van der Waals surface area contributed by atoms with Crippen LogP contribution in [0, 0.1) is 0 Å². The Hall–Kier alpha value is -1.02. The van der Waals surface area contributed by atoms with Crippen LogP contribution in [-0.4, -0.2) is 66.7 Å². The van der Waals surface area contributed by atoms with Crippen molar-refractivity contribution in [3.63, 3.8) is 0 Å². The van der Waals surface area contributed by atoms with Crippen LogP contribution in [0.2, 0.25) is 0 Å². The minimum Gasteiger partial charge on any atom is -0.375 e. The van der Waals surface area contributed by atoms with Crippen LogP contribution in [-0.2, 0) is 21.3 Å². The summed E-state index contributed by atoms with van der Waals surface area (Å²) in [6.07, 6.45) is 4.50. The van der Waals surface area contributed by atoms with Crippen LogP contribution in [0.15, 0.2) is 24.5 Å². The third-order valence-corrected chi connectivity index (χ3v) is 6.40. The standard InChI is InChI=1S/C15H23N3O3S/c1-2-22(19,20)18-8-5-15-14(12-18)17(9-10-21-15)11-13-3-6-16-7-4-13/h3-4,6-7,14-15H,2,5,8-12H2,1H3/t14-,15-/m0/s1. The summed E-state index contributed by atoms with van der Waals surface area (Å²) >= 11 is 0. The van der Waals surface area contributed by atoms with Gasteiger partial charge in [-0.15, -0.1) is 0 Å². The Balaban J connectivity index is 1.74. The fraction of sp³-hybridized carbons (Fsp3) is 0.667. The lowest BCUT2D eigenvalue weighted by molar-refractivity contribution is -0.0958. The first-order valence-electron chi connectivity index (χ1n) is 7.82. The molecule has 2 aliphatic heterocycles. The zero-order valence-electron chi connectivity index (χ0n) is 12.9. The van der Waals surface area contributed by atoms with E-state index in [0.29, 0.717) is 19.7 Å². The van der Waals surface area contributed by atoms with Crippen molar-refractivity contribution in [3.8, 4) is 0 Å². The Kier molecular flexibility index (Phi) is 4.77. The van der Waals surface area contributed by atoms with E-state index in [1.807, 2.05) is 12.1 Å². The fourth-order valence-corrected chi connectivity index (χ4v) is 4.40. The summed E-state index contributed by atoms with van der Waals surface area (Å²) in [7, 11) is -3.13. The lowest BCUT2D eigenvalue weighted by atomic mass is 9.99. The van der Waals surface area contributed by atoms with Crippen LogP contribution in [0.1, 0.15) is 18.9 Å². The van der Waals surface area contributed by atoms with E-state index in [2.05, 4.69) is 9.88 Å². The van der Waals surface area contributed by atoms with Crippen LogP contribution in [0.5, 0.6) is 0 Å². The molecule has 0 unspecified atom stereocenters. The second-order valence-electron chi connectivity index (χ2n) is 5.85. The quantitative estimate of drug-likeness (QED) is 0.816. The van der Waals surface area contributed by atoms with Crippen molar-refractivity contribution >= 4 is 10.0 Å². The third kappa shape index (κ3) is 3.32. The smallest absolute Gasteiger partial charge is 0.213 e. The van der Waals surface area contributed by atoms with Crippen molar-refractivity contribution in [2.45, 2.75) is 32.0 Å². The van der Waals surface area contributed by atoms with Crippen molar-refractivity contribution in [1.29, 1.82) is 0 Å². The van der Waals surface area contributed by atoms with Gasteiger partial charge in [0, 0.05) is 38.6 Å². The minimum absolute atomic E-state index is 0.136. The average Bonchev–Trinajstić information content (AvgIpc) is 2.56. The molecule has 0 N–H and O–H groups in total. The average molecular weight is 325 g/mol. The van der Waals surface area contributed by atoms with Gasteiger partial charge in [-0.1, -0.05) is 0 Å². The highest BCUT2D eigenvalue weighted by Gasteiger charge is 2.39. The summed E-state index contributed by atoms with van der Waals surface area (Å²) in [6, 6.07) is 4.15. The van der Waals surface area contributed by atoms with Gasteiger partial charge in [-0.05, 0) is 31.0 Å². The molecule has 1 aromatic rings. The van der Waals surface area contributed by atoms with Gasteiger partial charge >= 0.3 is 0 Å². The van der Waals surface area contributed by atoms with Gasteiger partial charge in [-0.3, -0.25) is 9.88 Å². The summed E-state index contributed by atoms with van der Waals surface area (Å²) in [5, 5.41) is 0. The molecule has 6 nitrogen and oxygen atoms in total. The van der Waals surface area contributed by atoms with Gasteiger partial charge in [-0.2, -0.15) is 0 Å². The number of rotatable bonds is 4. The normalized spacial score (nSPS) is 27.5. The van der Waals surface area contributed by atoms with E-state index in [4.69, 9.17) is 4.74 Å². The van der Waals surface area contributed by atoms with Gasteiger partial charge < -0.3 is 4.74 Å². The molecule has 0 bridgehead atoms. The number of hydrogen-bond acceptors (Lipinski definition) is 5. The number of ether oxygens (including phenoxy) is 1. The molecular formula is C15H23N3O3S. The Labute approximate surface area is 132 Å². The highest BCUT2D eigenvalue weighted by atomic mass is 32.2. The molecule has 7 heteroatoms. The number of pyridine rings is 1. The predicted octanol–water partition coefficient (Wildman–Crippen LogP) is 0.706. The third-order valence-electron chi connectivity index (χ3n) is 4.56. The van der Waals surface area contributed by atoms with Gasteiger partial charge in [0.05, 0.1) is 24.5 Å². The molecule has 3 heterocycles. The first kappa shape index (κ1) is 15.9. The van der Waals surface area contributed by atoms with Crippen LogP contribution in [0.25, 0.3) is 0 Å². The van der Waals surface area contributed by atoms with E-state index in [-0.39, 0.29) is 17.9 Å². The molecule has 1 aromatic heterocycles. The van der Waals surface area contributed by atoms with Gasteiger partial charge in [0.1, 0.15) is 0 Å². The first-order valence-corrected chi connectivity index (χ1v) is 9.43. The summed E-state index contributed by atoms with van der Waals surface area (Å²) in [6.45, 7) is 5.17. The highest BCUT2D eigenvalue weighted by molar-refractivity contribution is 7.89. The Morgan fingerprint density at radius 1 is 1.32 bits per heavy atom. The number of fused-ring (bicyclic) bond motifs is 1. The summed E-state index contributed by atoms with van der Waals surface area (Å²) in [5.74, 6) is 0.162. The molecule has 122 valence electrons. The largest absolute Gasteiger partial charge is 0.375 e. The van der Waals surface area contributed by atoms with Crippen molar-refractivity contribution in [2.24, 2.45) is 0 Å². The zero-order valence-corrected chi connectivity index (χ0v) is 13.7. The molecule has 0 saturated carbocycles. The number of sulfonamides is 1. The molecule has 2 fully saturated rings. The summed E-state index contributed by atoms with van der Waals surface area (Å²) in [5.41, 5.74) is 1.20. The van der Waals surface area contributed by atoms with Gasteiger partial charge in [-0.25, -0.2) is 12.7 Å². The zero-order chi connectivity index (χ0) is 15.6. The molecule has 3 rings (SSSR count). The molecule has 0 radical (unpaired) electrons. The molecule has 0 spiro atoms. The molecule has 0 amide bonds. The molecule has 22 heavy (non-hydrogen) atoms. The van der Waals surface area contributed by atoms with Crippen molar-refractivity contribution < 1.29 is 13.2 Å². The van der Waals surface area contributed by atoms with E-state index in [0.717, 1.165) is 19.5 Å².